The SMILES string of the molecule is CCn1ncc(CN(C)C(=O)c2nc(-c3cc4c(N)nn(C)c4cc3C)nc3ccc(O)cc23)c1C. The molecule has 36 heavy (non-hydrogen) atoms. The Morgan fingerprint density at radius 2 is 1.92 bits per heavy atom. The monoisotopic (exact) mass is 484 g/mol. The van der Waals surface area contributed by atoms with E-state index in [-0.39, 0.29) is 17.4 Å². The third kappa shape index (κ3) is 3.80. The number of nitrogens with two attached hydrogens (primary N) is 1. The fourth-order valence-corrected chi connectivity index (χ4v) is 4.54. The van der Waals surface area contributed by atoms with Gasteiger partial charge in [0.15, 0.2) is 11.6 Å². The zero-order valence-corrected chi connectivity index (χ0v) is 20.9. The van der Waals surface area contributed by atoms with Crippen molar-refractivity contribution in [1.82, 2.24) is 34.4 Å². The minimum Gasteiger partial charge on any atom is -0.508 e. The number of aromatic nitrogens is 6. The van der Waals surface area contributed by atoms with Crippen molar-refractivity contribution < 1.29 is 9.90 Å². The zero-order valence-electron chi connectivity index (χ0n) is 20.9. The standard InChI is InChI=1S/C26H28N8O2/c1-6-34-15(3)16(12-28-34)13-32(4)26(36)23-19-10-17(35)7-8-21(19)29-25(30-23)18-11-20-22(9-14(18)2)33(5)31-24(20)27/h7-12,35H,6,13H2,1-5H3,(H2,27,31). The molecule has 0 aliphatic rings. The normalized spacial score (nSPS) is 11.5. The van der Waals surface area contributed by atoms with E-state index in [0.717, 1.165) is 39.8 Å². The molecule has 0 bridgehead atoms. The van der Waals surface area contributed by atoms with Crippen molar-refractivity contribution in [3.63, 3.8) is 0 Å². The van der Waals surface area contributed by atoms with Gasteiger partial charge in [0.25, 0.3) is 5.91 Å². The highest BCUT2D eigenvalue weighted by atomic mass is 16.3. The average molecular weight is 485 g/mol. The van der Waals surface area contributed by atoms with Crippen LogP contribution in [0, 0.1) is 13.8 Å². The van der Waals surface area contributed by atoms with Crippen LogP contribution in [0.2, 0.25) is 0 Å². The Bertz CT molecular complexity index is 1650. The largest absolute Gasteiger partial charge is 0.508 e. The van der Waals surface area contributed by atoms with Crippen LogP contribution in [0.1, 0.15) is 34.2 Å². The summed E-state index contributed by atoms with van der Waals surface area (Å²) < 4.78 is 3.63. The molecule has 0 saturated carbocycles. The quantitative estimate of drug-likeness (QED) is 0.390. The van der Waals surface area contributed by atoms with Crippen molar-refractivity contribution in [3.05, 3.63) is 59.0 Å². The number of carbonyl (C=O) groups is 1. The molecular weight excluding hydrogens is 456 g/mol. The molecule has 1 amide bonds. The van der Waals surface area contributed by atoms with E-state index >= 15 is 0 Å². The third-order valence-corrected chi connectivity index (χ3v) is 6.61. The van der Waals surface area contributed by atoms with Gasteiger partial charge in [-0.3, -0.25) is 14.2 Å². The number of fused-ring (bicyclic) bond motifs is 2. The lowest BCUT2D eigenvalue weighted by Crippen LogP contribution is -2.27. The molecular formula is C26H28N8O2. The fourth-order valence-electron chi connectivity index (χ4n) is 4.54. The lowest BCUT2D eigenvalue weighted by Gasteiger charge is -2.18. The molecule has 3 aromatic heterocycles. The number of aromatic hydroxyl groups is 1. The highest BCUT2D eigenvalue weighted by Gasteiger charge is 2.22. The molecule has 10 heteroatoms. The van der Waals surface area contributed by atoms with E-state index in [1.807, 2.05) is 44.6 Å². The van der Waals surface area contributed by atoms with Crippen molar-refractivity contribution in [1.29, 1.82) is 0 Å². The summed E-state index contributed by atoms with van der Waals surface area (Å²) in [5, 5.41) is 20.1. The number of hydrogen-bond donors (Lipinski definition) is 2. The van der Waals surface area contributed by atoms with Gasteiger partial charge in [-0.15, -0.1) is 0 Å². The van der Waals surface area contributed by atoms with E-state index in [0.29, 0.717) is 29.1 Å². The molecule has 3 N–H and O–H groups in total. The first-order valence-corrected chi connectivity index (χ1v) is 11.7. The second-order valence-electron chi connectivity index (χ2n) is 9.02. The number of hydrogen-bond acceptors (Lipinski definition) is 7. The number of anilines is 1. The van der Waals surface area contributed by atoms with Crippen LogP contribution in [0.5, 0.6) is 5.75 Å². The number of amides is 1. The van der Waals surface area contributed by atoms with Crippen LogP contribution in [-0.4, -0.2) is 52.5 Å². The van der Waals surface area contributed by atoms with E-state index in [1.54, 1.807) is 35.0 Å². The van der Waals surface area contributed by atoms with Gasteiger partial charge in [-0.2, -0.15) is 10.2 Å². The van der Waals surface area contributed by atoms with Gasteiger partial charge in [0.1, 0.15) is 11.4 Å². The summed E-state index contributed by atoms with van der Waals surface area (Å²) in [5.74, 6) is 0.579. The molecule has 0 fully saturated rings. The molecule has 5 rings (SSSR count). The van der Waals surface area contributed by atoms with Gasteiger partial charge in [0.05, 0.1) is 17.2 Å². The lowest BCUT2D eigenvalue weighted by molar-refractivity contribution is 0.0781. The summed E-state index contributed by atoms with van der Waals surface area (Å²) in [4.78, 5) is 24.8. The number of nitrogen functional groups attached to an aromatic ring is 1. The average Bonchev–Trinajstić information content (AvgIpc) is 3.34. The molecule has 0 saturated heterocycles. The topological polar surface area (TPSA) is 128 Å². The van der Waals surface area contributed by atoms with Crippen molar-refractivity contribution in [2.24, 2.45) is 7.05 Å². The third-order valence-electron chi connectivity index (χ3n) is 6.61. The van der Waals surface area contributed by atoms with Gasteiger partial charge in [-0.25, -0.2) is 9.97 Å². The Labute approximate surface area is 208 Å². The van der Waals surface area contributed by atoms with Crippen molar-refractivity contribution in [2.75, 3.05) is 12.8 Å². The number of nitrogens with zero attached hydrogens (tertiary/aromatic N) is 7. The summed E-state index contributed by atoms with van der Waals surface area (Å²) in [7, 11) is 3.57. The number of carbonyl (C=O) groups excluding carboxylic acids is 1. The van der Waals surface area contributed by atoms with Crippen LogP contribution in [-0.2, 0) is 20.1 Å². The lowest BCUT2D eigenvalue weighted by atomic mass is 10.0. The Kier molecular flexibility index (Phi) is 5.58. The van der Waals surface area contributed by atoms with Crippen LogP contribution >= 0.6 is 0 Å². The molecule has 2 aromatic carbocycles. The van der Waals surface area contributed by atoms with E-state index in [4.69, 9.17) is 15.7 Å². The predicted molar refractivity (Wildman–Crippen MR) is 138 cm³/mol. The number of phenols is 1. The molecule has 3 heterocycles. The van der Waals surface area contributed by atoms with Crippen molar-refractivity contribution in [3.8, 4) is 17.1 Å². The Hall–Kier alpha value is -4.47. The van der Waals surface area contributed by atoms with Gasteiger partial charge in [0.2, 0.25) is 0 Å². The predicted octanol–water partition coefficient (Wildman–Crippen LogP) is 3.58. The molecule has 0 atom stereocenters. The van der Waals surface area contributed by atoms with Gasteiger partial charge >= 0.3 is 0 Å². The zero-order chi connectivity index (χ0) is 25.7. The Balaban J connectivity index is 1.63. The maximum absolute atomic E-state index is 13.7. The fraction of sp³-hybridized carbons (Fsp3) is 0.269. The van der Waals surface area contributed by atoms with E-state index in [9.17, 15) is 9.90 Å². The van der Waals surface area contributed by atoms with Gasteiger partial charge in [0, 0.05) is 54.8 Å². The first kappa shape index (κ1) is 23.3. The smallest absolute Gasteiger partial charge is 0.273 e. The number of rotatable bonds is 5. The van der Waals surface area contributed by atoms with Crippen LogP contribution in [0.3, 0.4) is 0 Å². The van der Waals surface area contributed by atoms with Gasteiger partial charge in [-0.1, -0.05) is 0 Å². The maximum atomic E-state index is 13.7. The minimum absolute atomic E-state index is 0.0383. The highest BCUT2D eigenvalue weighted by molar-refractivity contribution is 6.05. The Morgan fingerprint density at radius 3 is 2.64 bits per heavy atom. The summed E-state index contributed by atoms with van der Waals surface area (Å²) >= 11 is 0. The summed E-state index contributed by atoms with van der Waals surface area (Å²) in [5.41, 5.74) is 11.5. The van der Waals surface area contributed by atoms with Gasteiger partial charge in [-0.05, 0) is 56.7 Å². The molecule has 10 nitrogen and oxygen atoms in total. The molecule has 0 aliphatic carbocycles. The van der Waals surface area contributed by atoms with E-state index in [1.165, 1.54) is 6.07 Å². The van der Waals surface area contributed by atoms with E-state index < -0.39 is 0 Å². The summed E-state index contributed by atoms with van der Waals surface area (Å²) in [6.07, 6.45) is 1.79. The first-order chi connectivity index (χ1) is 17.2. The second-order valence-corrected chi connectivity index (χ2v) is 9.02. The minimum atomic E-state index is -0.280. The van der Waals surface area contributed by atoms with Crippen LogP contribution in [0.25, 0.3) is 33.2 Å². The number of aryl methyl sites for hydroxylation is 3. The van der Waals surface area contributed by atoms with E-state index in [2.05, 4.69) is 10.2 Å². The number of benzene rings is 2. The molecule has 0 aliphatic heterocycles. The Morgan fingerprint density at radius 1 is 1.14 bits per heavy atom. The first-order valence-electron chi connectivity index (χ1n) is 11.7. The highest BCUT2D eigenvalue weighted by Crippen LogP contribution is 2.31. The van der Waals surface area contributed by atoms with Crippen molar-refractivity contribution >= 4 is 33.5 Å². The molecule has 5 aromatic rings. The second kappa shape index (κ2) is 8.63. The molecule has 0 spiro atoms. The molecule has 0 unspecified atom stereocenters. The van der Waals surface area contributed by atoms with Crippen LogP contribution in [0.15, 0.2) is 36.5 Å². The summed E-state index contributed by atoms with van der Waals surface area (Å²) in [6.45, 7) is 7.11. The summed E-state index contributed by atoms with van der Waals surface area (Å²) in [6, 6.07) is 8.66. The molecule has 184 valence electrons. The van der Waals surface area contributed by atoms with Crippen LogP contribution in [0.4, 0.5) is 5.82 Å². The van der Waals surface area contributed by atoms with Crippen LogP contribution < -0.4 is 5.73 Å². The van der Waals surface area contributed by atoms with Crippen molar-refractivity contribution in [2.45, 2.75) is 33.9 Å². The molecule has 0 radical (unpaired) electrons. The van der Waals surface area contributed by atoms with Gasteiger partial charge < -0.3 is 15.7 Å². The maximum Gasteiger partial charge on any atom is 0.273 e. The number of phenolic OH excluding ortho intramolecular Hbond substituents is 1.